The van der Waals surface area contributed by atoms with Crippen molar-refractivity contribution in [1.82, 2.24) is 0 Å². The van der Waals surface area contributed by atoms with E-state index < -0.39 is 18.4 Å². The Bertz CT molecular complexity index is 641. The van der Waals surface area contributed by atoms with E-state index in [1.165, 1.54) is 6.92 Å². The zero-order chi connectivity index (χ0) is 17.2. The fourth-order valence-corrected chi connectivity index (χ4v) is 1.87. The second-order valence-electron chi connectivity index (χ2n) is 5.00. The average molecular weight is 315 g/mol. The number of unbranched alkanes of at least 4 members (excludes halogenated alkanes) is 1. The van der Waals surface area contributed by atoms with Crippen LogP contribution in [-0.4, -0.2) is 24.9 Å². The summed E-state index contributed by atoms with van der Waals surface area (Å²) in [6.45, 7) is 3.76. The molecular formula is C17H21N3O3. The Morgan fingerprint density at radius 1 is 1.35 bits per heavy atom. The lowest BCUT2D eigenvalue weighted by Crippen LogP contribution is -2.18. The highest BCUT2D eigenvalue weighted by molar-refractivity contribution is 6.03. The SMILES string of the molecule is CCCCNc1ccccc1C(=O)OCC(=O)/C(C#N)=C(\C)N. The molecule has 1 aromatic rings. The third-order valence-corrected chi connectivity index (χ3v) is 3.11. The first-order valence-electron chi connectivity index (χ1n) is 7.40. The van der Waals surface area contributed by atoms with Gasteiger partial charge < -0.3 is 15.8 Å². The minimum atomic E-state index is -0.620. The first-order valence-corrected chi connectivity index (χ1v) is 7.40. The van der Waals surface area contributed by atoms with Gasteiger partial charge in [-0.1, -0.05) is 25.5 Å². The number of hydrogen-bond donors (Lipinski definition) is 2. The third-order valence-electron chi connectivity index (χ3n) is 3.11. The lowest BCUT2D eigenvalue weighted by Gasteiger charge is -2.11. The molecule has 0 heterocycles. The summed E-state index contributed by atoms with van der Waals surface area (Å²) in [7, 11) is 0. The maximum absolute atomic E-state index is 12.1. The van der Waals surface area contributed by atoms with Crippen molar-refractivity contribution in [1.29, 1.82) is 5.26 Å². The largest absolute Gasteiger partial charge is 0.454 e. The number of hydrogen-bond acceptors (Lipinski definition) is 6. The predicted molar refractivity (Wildman–Crippen MR) is 87.6 cm³/mol. The molecule has 0 radical (unpaired) electrons. The molecule has 0 amide bonds. The number of nitrogens with two attached hydrogens (primary N) is 1. The maximum Gasteiger partial charge on any atom is 0.340 e. The number of Topliss-reactive ketones (excluding diaryl/α,β-unsaturated/α-hetero) is 1. The number of anilines is 1. The predicted octanol–water partition coefficient (Wildman–Crippen LogP) is 2.38. The molecule has 0 aromatic heterocycles. The van der Waals surface area contributed by atoms with Crippen LogP contribution in [0, 0.1) is 11.3 Å². The van der Waals surface area contributed by atoms with Crippen LogP contribution in [0.4, 0.5) is 5.69 Å². The van der Waals surface area contributed by atoms with Crippen molar-refractivity contribution >= 4 is 17.4 Å². The molecule has 6 nitrogen and oxygen atoms in total. The molecule has 1 rings (SSSR count). The zero-order valence-electron chi connectivity index (χ0n) is 13.4. The van der Waals surface area contributed by atoms with Crippen LogP contribution in [-0.2, 0) is 9.53 Å². The number of carbonyl (C=O) groups excluding carboxylic acids is 2. The summed E-state index contributed by atoms with van der Waals surface area (Å²) in [5.74, 6) is -1.23. The number of nitriles is 1. The van der Waals surface area contributed by atoms with Crippen LogP contribution in [0.5, 0.6) is 0 Å². The van der Waals surface area contributed by atoms with E-state index in [2.05, 4.69) is 12.2 Å². The summed E-state index contributed by atoms with van der Waals surface area (Å²) in [5, 5.41) is 12.0. The first kappa shape index (κ1) is 18.2. The van der Waals surface area contributed by atoms with Crippen molar-refractivity contribution < 1.29 is 14.3 Å². The maximum atomic E-state index is 12.1. The number of ketones is 1. The summed E-state index contributed by atoms with van der Waals surface area (Å²) in [6.07, 6.45) is 2.02. The molecular weight excluding hydrogens is 294 g/mol. The Balaban J connectivity index is 2.74. The molecule has 0 aliphatic rings. The molecule has 1 aromatic carbocycles. The van der Waals surface area contributed by atoms with Crippen molar-refractivity contribution in [3.05, 3.63) is 41.1 Å². The molecule has 122 valence electrons. The van der Waals surface area contributed by atoms with Gasteiger partial charge in [-0.3, -0.25) is 4.79 Å². The topological polar surface area (TPSA) is 105 Å². The molecule has 0 saturated carbocycles. The van der Waals surface area contributed by atoms with E-state index in [9.17, 15) is 9.59 Å². The van der Waals surface area contributed by atoms with Crippen LogP contribution in [0.25, 0.3) is 0 Å². The lowest BCUT2D eigenvalue weighted by molar-refractivity contribution is -0.118. The molecule has 0 fully saturated rings. The third kappa shape index (κ3) is 5.47. The van der Waals surface area contributed by atoms with Gasteiger partial charge in [0.25, 0.3) is 0 Å². The number of allylic oxidation sites excluding steroid dienone is 1. The van der Waals surface area contributed by atoms with Gasteiger partial charge >= 0.3 is 5.97 Å². The Kier molecular flexibility index (Phi) is 7.34. The summed E-state index contributed by atoms with van der Waals surface area (Å²) in [4.78, 5) is 23.9. The van der Waals surface area contributed by atoms with Crippen LogP contribution in [0.1, 0.15) is 37.0 Å². The summed E-state index contributed by atoms with van der Waals surface area (Å²) in [5.41, 5.74) is 6.37. The van der Waals surface area contributed by atoms with Gasteiger partial charge in [0.2, 0.25) is 5.78 Å². The Hall–Kier alpha value is -2.81. The van der Waals surface area contributed by atoms with Crippen molar-refractivity contribution in [3.63, 3.8) is 0 Å². The second kappa shape index (κ2) is 9.26. The van der Waals surface area contributed by atoms with Gasteiger partial charge in [-0.15, -0.1) is 0 Å². The summed E-state index contributed by atoms with van der Waals surface area (Å²) in [6, 6.07) is 8.64. The van der Waals surface area contributed by atoms with E-state index in [0.717, 1.165) is 19.4 Å². The molecule has 0 bridgehead atoms. The van der Waals surface area contributed by atoms with Crippen LogP contribution in [0.3, 0.4) is 0 Å². The monoisotopic (exact) mass is 315 g/mol. The van der Waals surface area contributed by atoms with Gasteiger partial charge in [0, 0.05) is 17.9 Å². The summed E-state index contributed by atoms with van der Waals surface area (Å²) < 4.78 is 5.00. The van der Waals surface area contributed by atoms with Crippen LogP contribution < -0.4 is 11.1 Å². The Morgan fingerprint density at radius 2 is 2.04 bits per heavy atom. The van der Waals surface area contributed by atoms with E-state index in [0.29, 0.717) is 11.3 Å². The average Bonchev–Trinajstić information content (AvgIpc) is 2.53. The zero-order valence-corrected chi connectivity index (χ0v) is 13.4. The fraction of sp³-hybridized carbons (Fsp3) is 0.353. The highest BCUT2D eigenvalue weighted by Crippen LogP contribution is 2.16. The minimum Gasteiger partial charge on any atom is -0.454 e. The number of esters is 1. The molecule has 0 aliphatic carbocycles. The van der Waals surface area contributed by atoms with Gasteiger partial charge in [0.15, 0.2) is 6.61 Å². The number of ether oxygens (including phenoxy) is 1. The van der Waals surface area contributed by atoms with Gasteiger partial charge in [-0.2, -0.15) is 5.26 Å². The normalized spacial score (nSPS) is 11.2. The second-order valence-corrected chi connectivity index (χ2v) is 5.00. The summed E-state index contributed by atoms with van der Waals surface area (Å²) >= 11 is 0. The van der Waals surface area contributed by atoms with Gasteiger partial charge in [0.05, 0.1) is 5.56 Å². The molecule has 0 spiro atoms. The van der Waals surface area contributed by atoms with Crippen LogP contribution in [0.2, 0.25) is 0 Å². The molecule has 0 aliphatic heterocycles. The first-order chi connectivity index (χ1) is 11.0. The number of nitrogens with one attached hydrogen (secondary N) is 1. The van der Waals surface area contributed by atoms with Gasteiger partial charge in [0.1, 0.15) is 11.6 Å². The van der Waals surface area contributed by atoms with Gasteiger partial charge in [-0.05, 0) is 25.5 Å². The smallest absolute Gasteiger partial charge is 0.340 e. The number of carbonyl (C=O) groups is 2. The molecule has 3 N–H and O–H groups in total. The minimum absolute atomic E-state index is 0.107. The highest BCUT2D eigenvalue weighted by Gasteiger charge is 2.17. The molecule has 6 heteroatoms. The number of rotatable bonds is 8. The number of nitrogens with zero attached hydrogens (tertiary/aromatic N) is 1. The van der Waals surface area contributed by atoms with E-state index in [-0.39, 0.29) is 11.3 Å². The molecule has 23 heavy (non-hydrogen) atoms. The molecule has 0 atom stereocenters. The van der Waals surface area contributed by atoms with E-state index in [4.69, 9.17) is 15.7 Å². The standard InChI is InChI=1S/C17H21N3O3/c1-3-4-9-20-15-8-6-5-7-13(15)17(22)23-11-16(21)14(10-18)12(2)19/h5-8,20H,3-4,9,11,19H2,1-2H3/b14-12+. The van der Waals surface area contributed by atoms with E-state index in [1.54, 1.807) is 24.3 Å². The fourth-order valence-electron chi connectivity index (χ4n) is 1.87. The van der Waals surface area contributed by atoms with Gasteiger partial charge in [-0.25, -0.2) is 4.79 Å². The molecule has 0 unspecified atom stereocenters. The van der Waals surface area contributed by atoms with Crippen molar-refractivity contribution in [3.8, 4) is 6.07 Å². The van der Waals surface area contributed by atoms with E-state index in [1.807, 2.05) is 6.07 Å². The number of para-hydroxylation sites is 1. The van der Waals surface area contributed by atoms with Crippen molar-refractivity contribution in [2.75, 3.05) is 18.5 Å². The Labute approximate surface area is 135 Å². The van der Waals surface area contributed by atoms with Crippen molar-refractivity contribution in [2.45, 2.75) is 26.7 Å². The van der Waals surface area contributed by atoms with Crippen molar-refractivity contribution in [2.24, 2.45) is 5.73 Å². The van der Waals surface area contributed by atoms with Crippen LogP contribution >= 0.6 is 0 Å². The quantitative estimate of drug-likeness (QED) is 0.330. The highest BCUT2D eigenvalue weighted by atomic mass is 16.5. The van der Waals surface area contributed by atoms with Crippen LogP contribution in [0.15, 0.2) is 35.5 Å². The van der Waals surface area contributed by atoms with E-state index >= 15 is 0 Å². The lowest BCUT2D eigenvalue weighted by atomic mass is 10.1. The molecule has 0 saturated heterocycles. The number of benzene rings is 1. The Morgan fingerprint density at radius 3 is 2.65 bits per heavy atom.